The van der Waals surface area contributed by atoms with Crippen molar-refractivity contribution in [3.05, 3.63) is 12.0 Å². The van der Waals surface area contributed by atoms with E-state index in [4.69, 9.17) is 27.8 Å². The van der Waals surface area contributed by atoms with Crippen molar-refractivity contribution in [3.8, 4) is 0 Å². The number of ether oxygens (including phenoxy) is 1. The zero-order valence-corrected chi connectivity index (χ0v) is 11.5. The van der Waals surface area contributed by atoms with E-state index in [1.54, 1.807) is 0 Å². The van der Waals surface area contributed by atoms with Gasteiger partial charge in [0.15, 0.2) is 11.9 Å². The van der Waals surface area contributed by atoms with Gasteiger partial charge in [-0.3, -0.25) is 4.57 Å². The fourth-order valence-electron chi connectivity index (χ4n) is 2.33. The molecule has 3 heterocycles. The molecule has 1 fully saturated rings. The summed E-state index contributed by atoms with van der Waals surface area (Å²) in [5.74, 6) is 0.00657. The van der Waals surface area contributed by atoms with Crippen molar-refractivity contribution in [2.75, 3.05) is 12.3 Å². The number of nitrogen functional groups attached to an aromatic ring is 1. The lowest BCUT2D eigenvalue weighted by Gasteiger charge is -2.16. The topological polar surface area (TPSA) is 140 Å². The molecule has 0 radical (unpaired) electrons. The molecule has 4 atom stereocenters. The molecule has 1 saturated heterocycles. The maximum absolute atomic E-state index is 10.0. The van der Waals surface area contributed by atoms with Crippen molar-refractivity contribution in [2.24, 2.45) is 0 Å². The van der Waals surface area contributed by atoms with Crippen LogP contribution in [0.5, 0.6) is 0 Å². The van der Waals surface area contributed by atoms with E-state index in [-0.39, 0.29) is 5.95 Å². The minimum atomic E-state index is -1.23. The lowest BCUT2D eigenvalue weighted by Crippen LogP contribution is -2.33. The second-order valence-corrected chi connectivity index (χ2v) is 4.87. The summed E-state index contributed by atoms with van der Waals surface area (Å²) in [6.07, 6.45) is -2.86. The molecule has 5 N–H and O–H groups in total. The van der Waals surface area contributed by atoms with Gasteiger partial charge < -0.3 is 25.8 Å². The van der Waals surface area contributed by atoms with Crippen LogP contribution in [0.1, 0.15) is 11.9 Å². The Morgan fingerprint density at radius 2 is 2.14 bits per heavy atom. The normalized spacial score (nSPS) is 29.1. The Labute approximate surface area is 124 Å². The van der Waals surface area contributed by atoms with Crippen LogP contribution >= 0.6 is 12.2 Å². The van der Waals surface area contributed by atoms with Crippen LogP contribution < -0.4 is 5.73 Å². The van der Waals surface area contributed by atoms with Crippen LogP contribution in [-0.4, -0.2) is 65.1 Å². The first kappa shape index (κ1) is 14.2. The smallest absolute Gasteiger partial charge is 0.222 e. The molecule has 0 bridgehead atoms. The maximum atomic E-state index is 10.0. The first-order valence-corrected chi connectivity index (χ1v) is 6.61. The molecule has 0 amide bonds. The number of nitrogens with zero attached hydrogens (tertiary/aromatic N) is 4. The average Bonchev–Trinajstić information content (AvgIpc) is 3.01. The number of anilines is 1. The SMILES string of the molecule is Nc1nc(C=S)c2ncn([C@@H]3O[C@H](CO)[C@@H](O)[C@H]3O)c2n1. The van der Waals surface area contributed by atoms with Gasteiger partial charge in [-0.2, -0.15) is 4.98 Å². The summed E-state index contributed by atoms with van der Waals surface area (Å²) in [5.41, 5.74) is 6.75. The average molecular weight is 311 g/mol. The Balaban J connectivity index is 2.10. The molecule has 10 heteroatoms. The quantitative estimate of drug-likeness (QED) is 0.492. The summed E-state index contributed by atoms with van der Waals surface area (Å²) in [6.45, 7) is -0.413. The van der Waals surface area contributed by atoms with Crippen molar-refractivity contribution in [1.29, 1.82) is 0 Å². The molecular formula is C11H13N5O4S. The number of aliphatic hydroxyl groups excluding tert-OH is 3. The number of aromatic nitrogens is 4. The Kier molecular flexibility index (Phi) is 3.55. The lowest BCUT2D eigenvalue weighted by molar-refractivity contribution is -0.0511. The van der Waals surface area contributed by atoms with Gasteiger partial charge in [0.1, 0.15) is 29.5 Å². The molecule has 21 heavy (non-hydrogen) atoms. The zero-order valence-electron chi connectivity index (χ0n) is 10.7. The third kappa shape index (κ3) is 2.17. The number of rotatable bonds is 3. The summed E-state index contributed by atoms with van der Waals surface area (Å²) < 4.78 is 6.87. The van der Waals surface area contributed by atoms with E-state index in [0.717, 1.165) is 0 Å². The molecule has 3 rings (SSSR count). The van der Waals surface area contributed by atoms with Crippen LogP contribution in [0.3, 0.4) is 0 Å². The highest BCUT2D eigenvalue weighted by Gasteiger charge is 2.44. The molecule has 2 aromatic rings. The predicted octanol–water partition coefficient (Wildman–Crippen LogP) is -1.63. The predicted molar refractivity (Wildman–Crippen MR) is 75.5 cm³/mol. The van der Waals surface area contributed by atoms with Gasteiger partial charge in [-0.1, -0.05) is 12.2 Å². The van der Waals surface area contributed by atoms with E-state index in [9.17, 15) is 10.2 Å². The maximum Gasteiger partial charge on any atom is 0.222 e. The van der Waals surface area contributed by atoms with Gasteiger partial charge in [-0.05, 0) is 0 Å². The fraction of sp³-hybridized carbons (Fsp3) is 0.455. The third-order valence-corrected chi connectivity index (χ3v) is 3.59. The highest BCUT2D eigenvalue weighted by molar-refractivity contribution is 7.79. The molecular weight excluding hydrogens is 298 g/mol. The van der Waals surface area contributed by atoms with Gasteiger partial charge >= 0.3 is 0 Å². The highest BCUT2D eigenvalue weighted by Crippen LogP contribution is 2.31. The standard InChI is InChI=1S/C11H13N5O4S/c12-11-14-4(2-21)6-9(15-11)16(3-13-6)10-8(19)7(18)5(1-17)20-10/h2-3,5,7-8,10,17-19H,1H2,(H2,12,14,15)/t5-,7-,8-,10-/m1/s1. The minimum Gasteiger partial charge on any atom is -0.394 e. The first-order valence-electron chi connectivity index (χ1n) is 6.14. The molecule has 112 valence electrons. The van der Waals surface area contributed by atoms with Crippen molar-refractivity contribution in [1.82, 2.24) is 19.5 Å². The number of nitrogens with two attached hydrogens (primary N) is 1. The minimum absolute atomic E-state index is 0.00657. The fourth-order valence-corrected chi connectivity index (χ4v) is 2.50. The molecule has 0 unspecified atom stereocenters. The van der Waals surface area contributed by atoms with Crippen LogP contribution in [0.15, 0.2) is 6.33 Å². The van der Waals surface area contributed by atoms with Gasteiger partial charge in [-0.15, -0.1) is 0 Å². The molecule has 1 aliphatic heterocycles. The van der Waals surface area contributed by atoms with Crippen LogP contribution in [0, 0.1) is 0 Å². The summed E-state index contributed by atoms with van der Waals surface area (Å²) in [7, 11) is 0. The molecule has 0 saturated carbocycles. The second kappa shape index (κ2) is 5.24. The van der Waals surface area contributed by atoms with E-state index < -0.39 is 31.1 Å². The van der Waals surface area contributed by atoms with Crippen molar-refractivity contribution >= 4 is 34.7 Å². The van der Waals surface area contributed by atoms with Gasteiger partial charge in [0.25, 0.3) is 0 Å². The van der Waals surface area contributed by atoms with Gasteiger partial charge in [0.2, 0.25) is 5.95 Å². The van der Waals surface area contributed by atoms with Crippen molar-refractivity contribution < 1.29 is 20.1 Å². The van der Waals surface area contributed by atoms with Crippen molar-refractivity contribution in [2.45, 2.75) is 24.5 Å². The Bertz CT molecular complexity index is 693. The van der Waals surface area contributed by atoms with E-state index in [1.165, 1.54) is 16.3 Å². The largest absolute Gasteiger partial charge is 0.394 e. The molecule has 2 aromatic heterocycles. The second-order valence-electron chi connectivity index (χ2n) is 4.64. The van der Waals surface area contributed by atoms with E-state index in [1.807, 2.05) is 0 Å². The zero-order chi connectivity index (χ0) is 15.1. The summed E-state index contributed by atoms with van der Waals surface area (Å²) in [6, 6.07) is 0. The summed E-state index contributed by atoms with van der Waals surface area (Å²) >= 11 is 4.86. The number of hydrogen-bond donors (Lipinski definition) is 4. The van der Waals surface area contributed by atoms with E-state index >= 15 is 0 Å². The van der Waals surface area contributed by atoms with Crippen LogP contribution in [0.25, 0.3) is 11.2 Å². The number of thiocarbonyl (C=S) groups is 1. The van der Waals surface area contributed by atoms with E-state index in [0.29, 0.717) is 16.9 Å². The molecule has 0 aliphatic carbocycles. The van der Waals surface area contributed by atoms with Crippen molar-refractivity contribution in [3.63, 3.8) is 0 Å². The van der Waals surface area contributed by atoms with Crippen LogP contribution in [-0.2, 0) is 4.74 Å². The molecule has 0 spiro atoms. The number of fused-ring (bicyclic) bond motifs is 1. The number of aliphatic hydroxyl groups is 3. The van der Waals surface area contributed by atoms with Gasteiger partial charge in [-0.25, -0.2) is 9.97 Å². The Morgan fingerprint density at radius 1 is 1.38 bits per heavy atom. The first-order chi connectivity index (χ1) is 10.1. The summed E-state index contributed by atoms with van der Waals surface area (Å²) in [5, 5.41) is 30.3. The monoisotopic (exact) mass is 311 g/mol. The Morgan fingerprint density at radius 3 is 2.76 bits per heavy atom. The molecule has 0 aromatic carbocycles. The number of imidazole rings is 1. The Hall–Kier alpha value is -1.72. The van der Waals surface area contributed by atoms with Crippen LogP contribution in [0.2, 0.25) is 0 Å². The molecule has 1 aliphatic rings. The third-order valence-electron chi connectivity index (χ3n) is 3.37. The lowest BCUT2D eigenvalue weighted by atomic mass is 10.1. The summed E-state index contributed by atoms with van der Waals surface area (Å²) in [4.78, 5) is 12.2. The number of hydrogen-bond acceptors (Lipinski definition) is 9. The molecule has 9 nitrogen and oxygen atoms in total. The highest BCUT2D eigenvalue weighted by atomic mass is 32.1. The van der Waals surface area contributed by atoms with Gasteiger partial charge in [0.05, 0.1) is 12.9 Å². The van der Waals surface area contributed by atoms with E-state index in [2.05, 4.69) is 15.0 Å². The van der Waals surface area contributed by atoms with Crippen LogP contribution in [0.4, 0.5) is 5.95 Å². The van der Waals surface area contributed by atoms with Gasteiger partial charge in [0, 0.05) is 5.37 Å².